The zero-order chi connectivity index (χ0) is 15.4. The van der Waals surface area contributed by atoms with Gasteiger partial charge in [-0.05, 0) is 51.0 Å². The number of nitrogens with one attached hydrogen (secondary N) is 1. The summed E-state index contributed by atoms with van der Waals surface area (Å²) >= 11 is 0. The third-order valence-corrected chi connectivity index (χ3v) is 5.84. The number of likely N-dealkylation sites (N-methyl/N-ethyl adjacent to an activating group) is 1. The lowest BCUT2D eigenvalue weighted by atomic mass is 9.72. The molecule has 124 valence electrons. The van der Waals surface area contributed by atoms with Gasteiger partial charge in [-0.1, -0.05) is 27.2 Å². The van der Waals surface area contributed by atoms with E-state index in [9.17, 15) is 0 Å². The van der Waals surface area contributed by atoms with Crippen LogP contribution in [0.3, 0.4) is 0 Å². The van der Waals surface area contributed by atoms with Gasteiger partial charge < -0.3 is 10.1 Å². The van der Waals surface area contributed by atoms with E-state index in [-0.39, 0.29) is 0 Å². The second-order valence-corrected chi connectivity index (χ2v) is 7.61. The smallest absolute Gasteiger partial charge is 0.0858 e. The molecule has 0 aromatic carbocycles. The molecule has 5 unspecified atom stereocenters. The SMILES string of the molecule is CCNC(C1CCC(C)C(C)C1)C1CN(C(C)C)CCO1. The minimum Gasteiger partial charge on any atom is -0.374 e. The first kappa shape index (κ1) is 17.2. The molecule has 0 bridgehead atoms. The van der Waals surface area contributed by atoms with Gasteiger partial charge in [0.2, 0.25) is 0 Å². The molecule has 0 amide bonds. The molecular weight excluding hydrogens is 260 g/mol. The zero-order valence-electron chi connectivity index (χ0n) is 14.8. The van der Waals surface area contributed by atoms with Crippen molar-refractivity contribution in [1.29, 1.82) is 0 Å². The van der Waals surface area contributed by atoms with Gasteiger partial charge in [-0.3, -0.25) is 4.90 Å². The van der Waals surface area contributed by atoms with Gasteiger partial charge >= 0.3 is 0 Å². The van der Waals surface area contributed by atoms with Crippen LogP contribution in [0.1, 0.15) is 53.9 Å². The summed E-state index contributed by atoms with van der Waals surface area (Å²) in [5.74, 6) is 2.53. The van der Waals surface area contributed by atoms with Crippen LogP contribution in [0.4, 0.5) is 0 Å². The standard InChI is InChI=1S/C18H36N2O/c1-6-19-18(16-8-7-14(4)15(5)11-16)17-12-20(13(2)3)9-10-21-17/h13-19H,6-12H2,1-5H3. The minimum absolute atomic E-state index is 0.367. The molecule has 2 aliphatic rings. The summed E-state index contributed by atoms with van der Waals surface area (Å²) in [5.41, 5.74) is 0. The van der Waals surface area contributed by atoms with E-state index in [1.165, 1.54) is 19.3 Å². The van der Waals surface area contributed by atoms with Crippen molar-refractivity contribution in [3.05, 3.63) is 0 Å². The molecule has 0 aromatic heterocycles. The van der Waals surface area contributed by atoms with Crippen LogP contribution in [-0.4, -0.2) is 49.3 Å². The number of nitrogens with zero attached hydrogens (tertiary/aromatic N) is 1. The second-order valence-electron chi connectivity index (χ2n) is 7.61. The average molecular weight is 296 g/mol. The Hall–Kier alpha value is -0.120. The lowest BCUT2D eigenvalue weighted by Crippen LogP contribution is -2.56. The number of hydrogen-bond acceptors (Lipinski definition) is 3. The number of ether oxygens (including phenoxy) is 1. The second kappa shape index (κ2) is 7.94. The van der Waals surface area contributed by atoms with E-state index in [0.29, 0.717) is 18.2 Å². The molecule has 5 atom stereocenters. The fraction of sp³-hybridized carbons (Fsp3) is 1.00. The van der Waals surface area contributed by atoms with Gasteiger partial charge in [0.05, 0.1) is 12.7 Å². The van der Waals surface area contributed by atoms with E-state index in [1.54, 1.807) is 0 Å². The van der Waals surface area contributed by atoms with Crippen LogP contribution in [0.15, 0.2) is 0 Å². The highest BCUT2D eigenvalue weighted by atomic mass is 16.5. The molecular formula is C18H36N2O. The summed E-state index contributed by atoms with van der Waals surface area (Å²) in [5, 5.41) is 3.77. The average Bonchev–Trinajstić information content (AvgIpc) is 2.48. The maximum Gasteiger partial charge on any atom is 0.0858 e. The van der Waals surface area contributed by atoms with Gasteiger partial charge in [-0.25, -0.2) is 0 Å². The molecule has 2 fully saturated rings. The third kappa shape index (κ3) is 4.43. The Morgan fingerprint density at radius 3 is 2.57 bits per heavy atom. The maximum atomic E-state index is 6.18. The molecule has 3 heteroatoms. The van der Waals surface area contributed by atoms with Crippen LogP contribution < -0.4 is 5.32 Å². The molecule has 0 spiro atoms. The van der Waals surface area contributed by atoms with Crippen LogP contribution in [0.25, 0.3) is 0 Å². The summed E-state index contributed by atoms with van der Waals surface area (Å²) in [6, 6.07) is 1.16. The molecule has 1 heterocycles. The van der Waals surface area contributed by atoms with E-state index in [4.69, 9.17) is 4.74 Å². The number of rotatable bonds is 5. The summed E-state index contributed by atoms with van der Waals surface area (Å²) in [7, 11) is 0. The van der Waals surface area contributed by atoms with Crippen molar-refractivity contribution in [2.24, 2.45) is 17.8 Å². The Morgan fingerprint density at radius 1 is 1.19 bits per heavy atom. The quantitative estimate of drug-likeness (QED) is 0.843. The molecule has 1 aliphatic heterocycles. The molecule has 0 radical (unpaired) electrons. The van der Waals surface area contributed by atoms with Gasteiger partial charge in [0, 0.05) is 25.2 Å². The van der Waals surface area contributed by atoms with Gasteiger partial charge in [-0.15, -0.1) is 0 Å². The van der Waals surface area contributed by atoms with Crippen molar-refractivity contribution in [2.75, 3.05) is 26.2 Å². The summed E-state index contributed by atoms with van der Waals surface area (Å²) in [4.78, 5) is 2.58. The molecule has 1 aliphatic carbocycles. The molecule has 1 N–H and O–H groups in total. The van der Waals surface area contributed by atoms with E-state index in [0.717, 1.165) is 44.0 Å². The fourth-order valence-electron chi connectivity index (χ4n) is 4.14. The first-order valence-corrected chi connectivity index (χ1v) is 9.12. The third-order valence-electron chi connectivity index (χ3n) is 5.84. The molecule has 3 nitrogen and oxygen atoms in total. The Kier molecular flexibility index (Phi) is 6.51. The highest BCUT2D eigenvalue weighted by Gasteiger charge is 2.36. The van der Waals surface area contributed by atoms with Crippen LogP contribution in [0.5, 0.6) is 0 Å². The predicted molar refractivity (Wildman–Crippen MR) is 89.6 cm³/mol. The molecule has 2 rings (SSSR count). The Labute approximate surface area is 131 Å². The van der Waals surface area contributed by atoms with Crippen LogP contribution in [0, 0.1) is 17.8 Å². The van der Waals surface area contributed by atoms with Crippen LogP contribution >= 0.6 is 0 Å². The summed E-state index contributed by atoms with van der Waals surface area (Å²) in [6.45, 7) is 15.8. The van der Waals surface area contributed by atoms with Crippen molar-refractivity contribution < 1.29 is 4.74 Å². The van der Waals surface area contributed by atoms with Gasteiger partial charge in [0.25, 0.3) is 0 Å². The van der Waals surface area contributed by atoms with Crippen molar-refractivity contribution >= 4 is 0 Å². The first-order valence-electron chi connectivity index (χ1n) is 9.12. The predicted octanol–water partition coefficient (Wildman–Crippen LogP) is 3.15. The fourth-order valence-corrected chi connectivity index (χ4v) is 4.14. The molecule has 1 saturated heterocycles. The van der Waals surface area contributed by atoms with E-state index >= 15 is 0 Å². The number of morpholine rings is 1. The van der Waals surface area contributed by atoms with Crippen molar-refractivity contribution in [1.82, 2.24) is 10.2 Å². The lowest BCUT2D eigenvalue weighted by Gasteiger charge is -2.44. The highest BCUT2D eigenvalue weighted by molar-refractivity contribution is 4.91. The minimum atomic E-state index is 0.367. The monoisotopic (exact) mass is 296 g/mol. The van der Waals surface area contributed by atoms with Crippen molar-refractivity contribution in [3.63, 3.8) is 0 Å². The largest absolute Gasteiger partial charge is 0.374 e. The summed E-state index contributed by atoms with van der Waals surface area (Å²) < 4.78 is 6.18. The van der Waals surface area contributed by atoms with Gasteiger partial charge in [0.1, 0.15) is 0 Å². The highest BCUT2D eigenvalue weighted by Crippen LogP contribution is 2.36. The van der Waals surface area contributed by atoms with Crippen LogP contribution in [-0.2, 0) is 4.74 Å². The molecule has 0 aromatic rings. The first-order chi connectivity index (χ1) is 10.0. The van der Waals surface area contributed by atoms with Gasteiger partial charge in [-0.2, -0.15) is 0 Å². The van der Waals surface area contributed by atoms with Crippen molar-refractivity contribution in [2.45, 2.75) is 72.1 Å². The lowest BCUT2D eigenvalue weighted by molar-refractivity contribution is -0.0697. The van der Waals surface area contributed by atoms with Gasteiger partial charge in [0.15, 0.2) is 0 Å². The summed E-state index contributed by atoms with van der Waals surface area (Å²) in [6.07, 6.45) is 4.48. The van der Waals surface area contributed by atoms with E-state index < -0.39 is 0 Å². The Morgan fingerprint density at radius 2 is 1.95 bits per heavy atom. The van der Waals surface area contributed by atoms with E-state index in [1.807, 2.05) is 0 Å². The Bertz CT molecular complexity index is 308. The topological polar surface area (TPSA) is 24.5 Å². The molecule has 21 heavy (non-hydrogen) atoms. The maximum absolute atomic E-state index is 6.18. The van der Waals surface area contributed by atoms with Crippen molar-refractivity contribution in [3.8, 4) is 0 Å². The normalized spacial score (nSPS) is 36.9. The number of hydrogen-bond donors (Lipinski definition) is 1. The van der Waals surface area contributed by atoms with E-state index in [2.05, 4.69) is 44.8 Å². The molecule has 1 saturated carbocycles. The Balaban J connectivity index is 2.00. The zero-order valence-corrected chi connectivity index (χ0v) is 14.8. The van der Waals surface area contributed by atoms with Crippen LogP contribution in [0.2, 0.25) is 0 Å².